The second-order valence-electron chi connectivity index (χ2n) is 5.90. The summed E-state index contributed by atoms with van der Waals surface area (Å²) in [5, 5.41) is 7.74. The minimum absolute atomic E-state index is 0.174. The third-order valence-electron chi connectivity index (χ3n) is 3.77. The molecule has 0 amide bonds. The molecule has 0 bridgehead atoms. The molecule has 0 atom stereocenters. The molecule has 0 aliphatic heterocycles. The van der Waals surface area contributed by atoms with E-state index in [0.29, 0.717) is 28.8 Å². The number of nitrogens with one attached hydrogen (secondary N) is 2. The number of anilines is 1. The van der Waals surface area contributed by atoms with Gasteiger partial charge in [-0.05, 0) is 37.6 Å². The van der Waals surface area contributed by atoms with Crippen molar-refractivity contribution in [2.75, 3.05) is 18.4 Å². The van der Waals surface area contributed by atoms with E-state index >= 15 is 0 Å². The Hall–Kier alpha value is -2.49. The van der Waals surface area contributed by atoms with Crippen LogP contribution in [0.5, 0.6) is 0 Å². The van der Waals surface area contributed by atoms with E-state index in [1.807, 2.05) is 19.2 Å². The maximum atomic E-state index is 12.4. The van der Waals surface area contributed by atoms with E-state index in [2.05, 4.69) is 25.1 Å². The fourth-order valence-electron chi connectivity index (χ4n) is 2.43. The number of aryl methyl sites for hydroxylation is 2. The Kier molecular flexibility index (Phi) is 5.73. The minimum atomic E-state index is -3.64. The molecule has 142 valence electrons. The third-order valence-corrected chi connectivity index (χ3v) is 5.61. The van der Waals surface area contributed by atoms with E-state index in [4.69, 9.17) is 11.6 Å². The van der Waals surface area contributed by atoms with Gasteiger partial charge in [0.1, 0.15) is 12.1 Å². The molecule has 3 aromatic rings. The van der Waals surface area contributed by atoms with E-state index in [1.165, 1.54) is 12.4 Å². The molecule has 0 fully saturated rings. The zero-order valence-electron chi connectivity index (χ0n) is 14.8. The second-order valence-corrected chi connectivity index (χ2v) is 8.07. The molecule has 10 heteroatoms. The first-order valence-corrected chi connectivity index (χ1v) is 10.1. The van der Waals surface area contributed by atoms with Crippen LogP contribution in [0.2, 0.25) is 5.02 Å². The van der Waals surface area contributed by atoms with Crippen LogP contribution in [-0.4, -0.2) is 41.3 Å². The van der Waals surface area contributed by atoms with E-state index in [0.717, 1.165) is 5.69 Å². The van der Waals surface area contributed by atoms with Crippen molar-refractivity contribution < 1.29 is 8.42 Å². The first-order chi connectivity index (χ1) is 12.8. The van der Waals surface area contributed by atoms with Gasteiger partial charge in [-0.15, -0.1) is 0 Å². The van der Waals surface area contributed by atoms with Crippen molar-refractivity contribution in [1.29, 1.82) is 0 Å². The topological polar surface area (TPSA) is 102 Å². The molecule has 1 aromatic carbocycles. The van der Waals surface area contributed by atoms with Crippen molar-refractivity contribution in [3.63, 3.8) is 0 Å². The maximum absolute atomic E-state index is 12.4. The standard InChI is InChI=1S/C17H19ClN6O2S/c1-12-3-4-14(18)9-15(12)27(25,26)22-7-6-19-16-10-17(21-11-20-16)24-8-5-13(2)23-24/h3-5,8-11,22H,6-7H2,1-2H3,(H,19,20,21). The average molecular weight is 407 g/mol. The van der Waals surface area contributed by atoms with Gasteiger partial charge in [-0.3, -0.25) is 0 Å². The number of hydrogen-bond acceptors (Lipinski definition) is 6. The molecule has 0 saturated heterocycles. The lowest BCUT2D eigenvalue weighted by Gasteiger charge is -2.11. The van der Waals surface area contributed by atoms with Crippen molar-refractivity contribution >= 4 is 27.4 Å². The molecule has 2 heterocycles. The summed E-state index contributed by atoms with van der Waals surface area (Å²) in [6.45, 7) is 4.16. The number of hydrogen-bond donors (Lipinski definition) is 2. The van der Waals surface area contributed by atoms with Crippen molar-refractivity contribution in [2.45, 2.75) is 18.7 Å². The Morgan fingerprint density at radius 2 is 1.93 bits per heavy atom. The minimum Gasteiger partial charge on any atom is -0.369 e. The van der Waals surface area contributed by atoms with Crippen LogP contribution < -0.4 is 10.0 Å². The number of sulfonamides is 1. The summed E-state index contributed by atoms with van der Waals surface area (Å²) in [5.74, 6) is 1.20. The van der Waals surface area contributed by atoms with E-state index < -0.39 is 10.0 Å². The highest BCUT2D eigenvalue weighted by Crippen LogP contribution is 2.19. The SMILES string of the molecule is Cc1ccn(-c2cc(NCCNS(=O)(=O)c3cc(Cl)ccc3C)ncn2)n1. The van der Waals surface area contributed by atoms with Gasteiger partial charge >= 0.3 is 0 Å². The molecule has 0 saturated carbocycles. The Labute approximate surface area is 162 Å². The first-order valence-electron chi connectivity index (χ1n) is 8.19. The van der Waals surface area contributed by atoms with Crippen LogP contribution in [0.3, 0.4) is 0 Å². The predicted molar refractivity (Wildman–Crippen MR) is 104 cm³/mol. The Bertz CT molecular complexity index is 1050. The summed E-state index contributed by atoms with van der Waals surface area (Å²) in [6, 6.07) is 8.39. The number of aromatic nitrogens is 4. The lowest BCUT2D eigenvalue weighted by molar-refractivity contribution is 0.582. The monoisotopic (exact) mass is 406 g/mol. The maximum Gasteiger partial charge on any atom is 0.240 e. The lowest BCUT2D eigenvalue weighted by Crippen LogP contribution is -2.29. The van der Waals surface area contributed by atoms with Gasteiger partial charge in [0.15, 0.2) is 5.82 Å². The number of rotatable bonds is 7. The molecule has 8 nitrogen and oxygen atoms in total. The van der Waals surface area contributed by atoms with Crippen LogP contribution >= 0.6 is 11.6 Å². The fourth-order valence-corrected chi connectivity index (χ4v) is 3.97. The summed E-state index contributed by atoms with van der Waals surface area (Å²) in [5.41, 5.74) is 1.52. The average Bonchev–Trinajstić information content (AvgIpc) is 3.07. The van der Waals surface area contributed by atoms with Gasteiger partial charge in [-0.2, -0.15) is 5.10 Å². The number of nitrogens with zero attached hydrogens (tertiary/aromatic N) is 4. The van der Waals surface area contributed by atoms with Gasteiger partial charge in [0, 0.05) is 30.4 Å². The molecule has 27 heavy (non-hydrogen) atoms. The van der Waals surface area contributed by atoms with E-state index in [-0.39, 0.29) is 11.4 Å². The number of halogens is 1. The third kappa shape index (κ3) is 4.82. The lowest BCUT2D eigenvalue weighted by atomic mass is 10.2. The van der Waals surface area contributed by atoms with Crippen molar-refractivity contribution in [3.8, 4) is 5.82 Å². The second kappa shape index (κ2) is 8.03. The molecule has 0 aliphatic rings. The normalized spacial score (nSPS) is 11.5. The van der Waals surface area contributed by atoms with Crippen molar-refractivity contribution in [1.82, 2.24) is 24.5 Å². The van der Waals surface area contributed by atoms with Crippen molar-refractivity contribution in [2.24, 2.45) is 0 Å². The molecule has 0 unspecified atom stereocenters. The van der Waals surface area contributed by atoms with Gasteiger partial charge < -0.3 is 5.32 Å². The highest BCUT2D eigenvalue weighted by atomic mass is 35.5. The summed E-state index contributed by atoms with van der Waals surface area (Å²) in [7, 11) is -3.64. The zero-order valence-corrected chi connectivity index (χ0v) is 16.4. The van der Waals surface area contributed by atoms with Crippen LogP contribution in [0.1, 0.15) is 11.3 Å². The van der Waals surface area contributed by atoms with E-state index in [1.54, 1.807) is 29.8 Å². The fraction of sp³-hybridized carbons (Fsp3) is 0.235. The van der Waals surface area contributed by atoms with Gasteiger partial charge in [-0.25, -0.2) is 27.8 Å². The molecular formula is C17H19ClN6O2S. The Morgan fingerprint density at radius 1 is 1.11 bits per heavy atom. The smallest absolute Gasteiger partial charge is 0.240 e. The van der Waals surface area contributed by atoms with E-state index in [9.17, 15) is 8.42 Å². The molecule has 2 aromatic heterocycles. The Balaban J connectivity index is 1.59. The van der Waals surface area contributed by atoms with Crippen molar-refractivity contribution in [3.05, 3.63) is 59.1 Å². The molecule has 0 radical (unpaired) electrons. The van der Waals surface area contributed by atoms with Crippen LogP contribution in [0.4, 0.5) is 5.82 Å². The highest BCUT2D eigenvalue weighted by Gasteiger charge is 2.16. The number of benzene rings is 1. The van der Waals surface area contributed by atoms with Gasteiger partial charge in [0.2, 0.25) is 10.0 Å². The van der Waals surface area contributed by atoms with Gasteiger partial charge in [0.05, 0.1) is 10.6 Å². The van der Waals surface area contributed by atoms with Crippen LogP contribution in [0.25, 0.3) is 5.82 Å². The molecule has 3 rings (SSSR count). The van der Waals surface area contributed by atoms with Gasteiger partial charge in [0.25, 0.3) is 0 Å². The largest absolute Gasteiger partial charge is 0.369 e. The Morgan fingerprint density at radius 3 is 2.67 bits per heavy atom. The van der Waals surface area contributed by atoms with Crippen LogP contribution in [0.15, 0.2) is 47.8 Å². The summed E-state index contributed by atoms with van der Waals surface area (Å²) >= 11 is 5.91. The molecule has 0 aliphatic carbocycles. The summed E-state index contributed by atoms with van der Waals surface area (Å²) < 4.78 is 29.0. The molecule has 0 spiro atoms. The van der Waals surface area contributed by atoms with Crippen LogP contribution in [0, 0.1) is 13.8 Å². The molecular weight excluding hydrogens is 388 g/mol. The highest BCUT2D eigenvalue weighted by molar-refractivity contribution is 7.89. The summed E-state index contributed by atoms with van der Waals surface area (Å²) in [6.07, 6.45) is 3.23. The van der Waals surface area contributed by atoms with Gasteiger partial charge in [-0.1, -0.05) is 17.7 Å². The summed E-state index contributed by atoms with van der Waals surface area (Å²) in [4.78, 5) is 8.48. The predicted octanol–water partition coefficient (Wildman–Crippen LogP) is 2.32. The quantitative estimate of drug-likeness (QED) is 0.584. The first kappa shape index (κ1) is 19.3. The molecule has 2 N–H and O–H groups in total. The zero-order chi connectivity index (χ0) is 19.4. The van der Waals surface area contributed by atoms with Crippen LogP contribution in [-0.2, 0) is 10.0 Å².